The second-order valence-electron chi connectivity index (χ2n) is 6.26. The predicted octanol–water partition coefficient (Wildman–Crippen LogP) is 3.36. The monoisotopic (exact) mass is 271 g/mol. The average Bonchev–Trinajstić information content (AvgIpc) is 2.90. The Balaban J connectivity index is 2.01. The molecule has 0 aliphatic heterocycles. The summed E-state index contributed by atoms with van der Waals surface area (Å²) in [6.07, 6.45) is 7.45. The van der Waals surface area contributed by atoms with Gasteiger partial charge >= 0.3 is 0 Å². The van der Waals surface area contributed by atoms with Crippen LogP contribution in [0, 0.1) is 5.41 Å². The molecule has 2 aromatic rings. The molecule has 0 saturated carbocycles. The second-order valence-corrected chi connectivity index (χ2v) is 6.26. The van der Waals surface area contributed by atoms with E-state index in [0.29, 0.717) is 6.04 Å². The van der Waals surface area contributed by atoms with Crippen LogP contribution < -0.4 is 5.32 Å². The minimum Gasteiger partial charge on any atom is -0.472 e. The lowest BCUT2D eigenvalue weighted by Crippen LogP contribution is -2.34. The van der Waals surface area contributed by atoms with Crippen LogP contribution in [-0.2, 0) is 6.42 Å². The van der Waals surface area contributed by atoms with Crippen molar-refractivity contribution in [3.8, 4) is 11.4 Å². The lowest BCUT2D eigenvalue weighted by molar-refractivity contribution is 0.255. The van der Waals surface area contributed by atoms with Crippen LogP contribution in [0.1, 0.15) is 44.5 Å². The first-order valence-corrected chi connectivity index (χ1v) is 7.21. The van der Waals surface area contributed by atoms with E-state index in [1.165, 1.54) is 11.3 Å². The van der Waals surface area contributed by atoms with E-state index in [1.54, 1.807) is 12.5 Å². The first-order chi connectivity index (χ1) is 9.59. The van der Waals surface area contributed by atoms with Crippen molar-refractivity contribution in [2.45, 2.75) is 39.7 Å². The van der Waals surface area contributed by atoms with Gasteiger partial charge in [0.1, 0.15) is 6.26 Å². The fourth-order valence-electron chi connectivity index (χ4n) is 3.01. The topological polar surface area (TPSA) is 51.0 Å². The summed E-state index contributed by atoms with van der Waals surface area (Å²) in [7, 11) is 0. The van der Waals surface area contributed by atoms with E-state index < -0.39 is 0 Å². The molecule has 0 saturated heterocycles. The number of fused-ring (bicyclic) bond motifs is 1. The maximum Gasteiger partial charge on any atom is 0.162 e. The Kier molecular flexibility index (Phi) is 3.34. The first-order valence-electron chi connectivity index (χ1n) is 7.21. The Morgan fingerprint density at radius 2 is 2.30 bits per heavy atom. The standard InChI is InChI=1S/C16H21N3O/c1-4-17-13-7-16(2,3)8-14-12(13)9-18-15(19-14)11-5-6-20-10-11/h5-6,9-10,13,17H,4,7-8H2,1-3H3. The fraction of sp³-hybridized carbons (Fsp3) is 0.500. The van der Waals surface area contributed by atoms with Crippen LogP contribution in [-0.4, -0.2) is 16.5 Å². The first kappa shape index (κ1) is 13.3. The zero-order chi connectivity index (χ0) is 14.2. The molecule has 4 heteroatoms. The molecule has 1 aliphatic rings. The van der Waals surface area contributed by atoms with Crippen molar-refractivity contribution in [2.75, 3.05) is 6.54 Å². The van der Waals surface area contributed by atoms with Crippen molar-refractivity contribution in [3.05, 3.63) is 36.0 Å². The number of hydrogen-bond donors (Lipinski definition) is 1. The molecule has 20 heavy (non-hydrogen) atoms. The zero-order valence-corrected chi connectivity index (χ0v) is 12.3. The smallest absolute Gasteiger partial charge is 0.162 e. The number of nitrogens with one attached hydrogen (secondary N) is 1. The molecule has 2 heterocycles. The molecule has 0 aromatic carbocycles. The summed E-state index contributed by atoms with van der Waals surface area (Å²) in [6.45, 7) is 7.71. The summed E-state index contributed by atoms with van der Waals surface area (Å²) >= 11 is 0. The molecular weight excluding hydrogens is 250 g/mol. The van der Waals surface area contributed by atoms with Gasteiger partial charge in [-0.15, -0.1) is 0 Å². The van der Waals surface area contributed by atoms with Crippen LogP contribution in [0.25, 0.3) is 11.4 Å². The van der Waals surface area contributed by atoms with Gasteiger partial charge in [-0.2, -0.15) is 0 Å². The SMILES string of the molecule is CCNC1CC(C)(C)Cc2nc(-c3ccoc3)ncc21. The van der Waals surface area contributed by atoms with Crippen molar-refractivity contribution in [1.29, 1.82) is 0 Å². The second kappa shape index (κ2) is 5.02. The molecule has 4 nitrogen and oxygen atoms in total. The molecule has 1 unspecified atom stereocenters. The third kappa shape index (κ3) is 2.48. The van der Waals surface area contributed by atoms with E-state index in [2.05, 4.69) is 31.1 Å². The molecule has 0 radical (unpaired) electrons. The van der Waals surface area contributed by atoms with Gasteiger partial charge in [0.15, 0.2) is 5.82 Å². The normalized spacial score (nSPS) is 20.6. The molecule has 106 valence electrons. The molecule has 0 bridgehead atoms. The largest absolute Gasteiger partial charge is 0.472 e. The highest BCUT2D eigenvalue weighted by Gasteiger charge is 2.33. The fourth-order valence-corrected chi connectivity index (χ4v) is 3.01. The molecule has 0 fully saturated rings. The minimum atomic E-state index is 0.266. The van der Waals surface area contributed by atoms with Crippen LogP contribution in [0.5, 0.6) is 0 Å². The molecule has 3 rings (SSSR count). The minimum absolute atomic E-state index is 0.266. The van der Waals surface area contributed by atoms with Gasteiger partial charge in [-0.25, -0.2) is 9.97 Å². The van der Waals surface area contributed by atoms with Gasteiger partial charge in [0.2, 0.25) is 0 Å². The number of furan rings is 1. The molecule has 1 N–H and O–H groups in total. The number of aromatic nitrogens is 2. The van der Waals surface area contributed by atoms with E-state index in [4.69, 9.17) is 9.40 Å². The van der Waals surface area contributed by atoms with Gasteiger partial charge in [0.05, 0.1) is 11.8 Å². The highest BCUT2D eigenvalue weighted by Crippen LogP contribution is 2.40. The zero-order valence-electron chi connectivity index (χ0n) is 12.3. The Morgan fingerprint density at radius 1 is 1.45 bits per heavy atom. The van der Waals surface area contributed by atoms with Crippen LogP contribution >= 0.6 is 0 Å². The summed E-state index contributed by atoms with van der Waals surface area (Å²) in [5.74, 6) is 0.755. The van der Waals surface area contributed by atoms with Gasteiger partial charge in [-0.3, -0.25) is 0 Å². The van der Waals surface area contributed by atoms with Crippen molar-refractivity contribution in [2.24, 2.45) is 5.41 Å². The van der Waals surface area contributed by atoms with E-state index in [1.807, 2.05) is 12.3 Å². The van der Waals surface area contributed by atoms with Gasteiger partial charge in [0, 0.05) is 23.5 Å². The van der Waals surface area contributed by atoms with Crippen molar-refractivity contribution < 1.29 is 4.42 Å². The third-order valence-corrected chi connectivity index (χ3v) is 3.91. The number of rotatable bonds is 3. The Bertz CT molecular complexity index is 590. The van der Waals surface area contributed by atoms with Crippen LogP contribution in [0.3, 0.4) is 0 Å². The summed E-state index contributed by atoms with van der Waals surface area (Å²) < 4.78 is 5.12. The van der Waals surface area contributed by atoms with Crippen molar-refractivity contribution in [3.63, 3.8) is 0 Å². The highest BCUT2D eigenvalue weighted by atomic mass is 16.3. The summed E-state index contributed by atoms with van der Waals surface area (Å²) in [4.78, 5) is 9.28. The van der Waals surface area contributed by atoms with Gasteiger partial charge in [-0.05, 0) is 30.9 Å². The molecule has 2 aromatic heterocycles. The summed E-state index contributed by atoms with van der Waals surface area (Å²) in [5.41, 5.74) is 3.62. The van der Waals surface area contributed by atoms with Crippen LogP contribution in [0.2, 0.25) is 0 Å². The predicted molar refractivity (Wildman–Crippen MR) is 78.3 cm³/mol. The number of nitrogens with zero attached hydrogens (tertiary/aromatic N) is 2. The van der Waals surface area contributed by atoms with Gasteiger partial charge in [-0.1, -0.05) is 20.8 Å². The molecule has 1 atom stereocenters. The van der Waals surface area contributed by atoms with Crippen LogP contribution in [0.15, 0.2) is 29.2 Å². The quantitative estimate of drug-likeness (QED) is 0.930. The molecular formula is C16H21N3O. The van der Waals surface area contributed by atoms with E-state index in [-0.39, 0.29) is 5.41 Å². The maximum atomic E-state index is 5.12. The summed E-state index contributed by atoms with van der Waals surface area (Å²) in [5, 5.41) is 3.55. The summed E-state index contributed by atoms with van der Waals surface area (Å²) in [6, 6.07) is 2.26. The number of hydrogen-bond acceptors (Lipinski definition) is 4. The van der Waals surface area contributed by atoms with E-state index in [0.717, 1.165) is 30.8 Å². The van der Waals surface area contributed by atoms with Crippen molar-refractivity contribution >= 4 is 0 Å². The Hall–Kier alpha value is -1.68. The lowest BCUT2D eigenvalue weighted by atomic mass is 9.74. The molecule has 0 spiro atoms. The highest BCUT2D eigenvalue weighted by molar-refractivity contribution is 5.53. The van der Waals surface area contributed by atoms with Gasteiger partial charge < -0.3 is 9.73 Å². The van der Waals surface area contributed by atoms with E-state index in [9.17, 15) is 0 Å². The average molecular weight is 271 g/mol. The Morgan fingerprint density at radius 3 is 3.00 bits per heavy atom. The van der Waals surface area contributed by atoms with Crippen LogP contribution in [0.4, 0.5) is 0 Å². The van der Waals surface area contributed by atoms with Crippen molar-refractivity contribution in [1.82, 2.24) is 15.3 Å². The molecule has 0 amide bonds. The third-order valence-electron chi connectivity index (χ3n) is 3.91. The lowest BCUT2D eigenvalue weighted by Gasteiger charge is -2.36. The Labute approximate surface area is 119 Å². The van der Waals surface area contributed by atoms with E-state index >= 15 is 0 Å². The maximum absolute atomic E-state index is 5.12. The van der Waals surface area contributed by atoms with Gasteiger partial charge in [0.25, 0.3) is 0 Å². The molecule has 1 aliphatic carbocycles.